The number of halogens is 1. The number of amides is 1. The van der Waals surface area contributed by atoms with Crippen molar-refractivity contribution in [1.29, 1.82) is 0 Å². The van der Waals surface area contributed by atoms with Gasteiger partial charge in [0.1, 0.15) is 5.69 Å². The standard InChI is InChI=1S/C22H20ClN5O4S/c1-24-17-9-8-16(33(30,31)25-2)12-18(17)26-22(29)19-13-20(21-7-4-10-32-21)28(27-19)15-6-3-5-14(23)11-15/h3-13,24-25H,1-2H3,(H,26,29). The van der Waals surface area contributed by atoms with Crippen LogP contribution in [0.3, 0.4) is 0 Å². The summed E-state index contributed by atoms with van der Waals surface area (Å²) in [5.41, 5.74) is 2.12. The van der Waals surface area contributed by atoms with Crippen LogP contribution in [0.15, 0.2) is 76.2 Å². The summed E-state index contributed by atoms with van der Waals surface area (Å²) < 4.78 is 33.7. The molecule has 0 unspecified atom stereocenters. The van der Waals surface area contributed by atoms with Crippen LogP contribution in [0.5, 0.6) is 0 Å². The predicted molar refractivity (Wildman–Crippen MR) is 126 cm³/mol. The fourth-order valence-electron chi connectivity index (χ4n) is 3.21. The summed E-state index contributed by atoms with van der Waals surface area (Å²) in [5, 5.41) is 10.6. The summed E-state index contributed by atoms with van der Waals surface area (Å²) >= 11 is 6.14. The Morgan fingerprint density at radius 1 is 1.03 bits per heavy atom. The first-order valence-corrected chi connectivity index (χ1v) is 11.6. The van der Waals surface area contributed by atoms with Crippen LogP contribution in [0.25, 0.3) is 17.1 Å². The Morgan fingerprint density at radius 2 is 1.85 bits per heavy atom. The molecule has 33 heavy (non-hydrogen) atoms. The third-order valence-electron chi connectivity index (χ3n) is 4.86. The van der Waals surface area contributed by atoms with Gasteiger partial charge in [-0.15, -0.1) is 0 Å². The number of rotatable bonds is 7. The lowest BCUT2D eigenvalue weighted by Crippen LogP contribution is -2.19. The van der Waals surface area contributed by atoms with Crippen LogP contribution in [-0.2, 0) is 10.0 Å². The number of benzene rings is 2. The van der Waals surface area contributed by atoms with Gasteiger partial charge in [-0.3, -0.25) is 4.79 Å². The highest BCUT2D eigenvalue weighted by Gasteiger charge is 2.21. The molecule has 0 radical (unpaired) electrons. The van der Waals surface area contributed by atoms with Gasteiger partial charge in [0.2, 0.25) is 10.0 Å². The van der Waals surface area contributed by atoms with Crippen LogP contribution in [-0.4, -0.2) is 38.2 Å². The normalized spacial score (nSPS) is 11.4. The molecule has 0 saturated heterocycles. The van der Waals surface area contributed by atoms with Crippen LogP contribution in [0.4, 0.5) is 11.4 Å². The molecule has 4 rings (SSSR count). The number of anilines is 2. The molecule has 0 spiro atoms. The number of hydrogen-bond donors (Lipinski definition) is 3. The largest absolute Gasteiger partial charge is 0.463 e. The van der Waals surface area contributed by atoms with Crippen LogP contribution in [0.1, 0.15) is 10.5 Å². The predicted octanol–water partition coefficient (Wildman–Crippen LogP) is 3.99. The maximum Gasteiger partial charge on any atom is 0.276 e. The Bertz CT molecular complexity index is 1410. The van der Waals surface area contributed by atoms with E-state index in [9.17, 15) is 13.2 Å². The van der Waals surface area contributed by atoms with Crippen LogP contribution < -0.4 is 15.4 Å². The van der Waals surface area contributed by atoms with Crippen molar-refractivity contribution in [2.45, 2.75) is 4.90 Å². The van der Waals surface area contributed by atoms with E-state index < -0.39 is 15.9 Å². The number of carbonyl (C=O) groups excluding carboxylic acids is 1. The molecule has 4 aromatic rings. The number of carbonyl (C=O) groups is 1. The monoisotopic (exact) mass is 485 g/mol. The highest BCUT2D eigenvalue weighted by Crippen LogP contribution is 2.28. The van der Waals surface area contributed by atoms with Crippen LogP contribution >= 0.6 is 11.6 Å². The molecule has 0 aliphatic heterocycles. The minimum absolute atomic E-state index is 0.0139. The van der Waals surface area contributed by atoms with E-state index in [2.05, 4.69) is 20.5 Å². The number of furan rings is 1. The molecule has 1 amide bonds. The zero-order valence-corrected chi connectivity index (χ0v) is 19.2. The minimum Gasteiger partial charge on any atom is -0.463 e. The molecule has 2 aromatic carbocycles. The molecule has 0 bridgehead atoms. The molecular weight excluding hydrogens is 466 g/mol. The first-order chi connectivity index (χ1) is 15.8. The van der Waals surface area contributed by atoms with Gasteiger partial charge in [0, 0.05) is 18.1 Å². The van der Waals surface area contributed by atoms with E-state index in [1.165, 1.54) is 25.4 Å². The number of nitrogens with one attached hydrogen (secondary N) is 3. The third-order valence-corrected chi connectivity index (χ3v) is 6.50. The topological polar surface area (TPSA) is 118 Å². The van der Waals surface area contributed by atoms with Crippen molar-refractivity contribution in [1.82, 2.24) is 14.5 Å². The minimum atomic E-state index is -3.69. The van der Waals surface area contributed by atoms with Crippen molar-refractivity contribution in [2.75, 3.05) is 24.7 Å². The van der Waals surface area contributed by atoms with Gasteiger partial charge in [0.15, 0.2) is 11.5 Å². The molecule has 2 aromatic heterocycles. The average molecular weight is 486 g/mol. The second-order valence-electron chi connectivity index (χ2n) is 6.90. The highest BCUT2D eigenvalue weighted by atomic mass is 35.5. The first-order valence-electron chi connectivity index (χ1n) is 9.79. The van der Waals surface area contributed by atoms with Gasteiger partial charge in [-0.25, -0.2) is 17.8 Å². The zero-order valence-electron chi connectivity index (χ0n) is 17.7. The summed E-state index contributed by atoms with van der Waals surface area (Å²) in [5.74, 6) is -0.0151. The van der Waals surface area contributed by atoms with E-state index in [1.54, 1.807) is 60.3 Å². The van der Waals surface area contributed by atoms with Crippen molar-refractivity contribution < 1.29 is 17.6 Å². The number of sulfonamides is 1. The van der Waals surface area contributed by atoms with Gasteiger partial charge < -0.3 is 15.1 Å². The summed E-state index contributed by atoms with van der Waals surface area (Å²) in [6, 6.07) is 16.5. The van der Waals surface area contributed by atoms with E-state index in [0.29, 0.717) is 27.9 Å². The fourth-order valence-corrected chi connectivity index (χ4v) is 4.15. The van der Waals surface area contributed by atoms with E-state index in [0.717, 1.165) is 0 Å². The van der Waals surface area contributed by atoms with Crippen molar-refractivity contribution >= 4 is 38.9 Å². The molecule has 3 N–H and O–H groups in total. The molecule has 0 atom stereocenters. The molecule has 0 aliphatic rings. The molecule has 0 fully saturated rings. The molecule has 0 aliphatic carbocycles. The lowest BCUT2D eigenvalue weighted by molar-refractivity contribution is 0.102. The fraction of sp³-hybridized carbons (Fsp3) is 0.0909. The molecular formula is C22H20ClN5O4S. The van der Waals surface area contributed by atoms with E-state index in [-0.39, 0.29) is 16.3 Å². The maximum atomic E-state index is 13.1. The van der Waals surface area contributed by atoms with E-state index >= 15 is 0 Å². The Hall–Kier alpha value is -3.60. The van der Waals surface area contributed by atoms with E-state index in [1.807, 2.05) is 0 Å². The Balaban J connectivity index is 1.74. The smallest absolute Gasteiger partial charge is 0.276 e. The lowest BCUT2D eigenvalue weighted by Gasteiger charge is -2.12. The van der Waals surface area contributed by atoms with Crippen LogP contribution in [0.2, 0.25) is 5.02 Å². The third kappa shape index (κ3) is 4.63. The van der Waals surface area contributed by atoms with Crippen molar-refractivity contribution in [3.05, 3.63) is 77.6 Å². The Morgan fingerprint density at radius 3 is 2.52 bits per heavy atom. The summed E-state index contributed by atoms with van der Waals surface area (Å²) in [6.45, 7) is 0. The SMILES string of the molecule is CNc1ccc(S(=O)(=O)NC)cc1NC(=O)c1cc(-c2ccco2)n(-c2cccc(Cl)c2)n1. The van der Waals surface area contributed by atoms with Gasteiger partial charge in [0.05, 0.1) is 28.2 Å². The number of nitrogens with zero attached hydrogens (tertiary/aromatic N) is 2. The summed E-state index contributed by atoms with van der Waals surface area (Å²) in [4.78, 5) is 13.1. The second-order valence-corrected chi connectivity index (χ2v) is 9.23. The Labute approximate surface area is 195 Å². The van der Waals surface area contributed by atoms with Crippen molar-refractivity contribution in [2.24, 2.45) is 0 Å². The van der Waals surface area contributed by atoms with Gasteiger partial charge in [-0.1, -0.05) is 17.7 Å². The molecule has 170 valence electrons. The lowest BCUT2D eigenvalue weighted by atomic mass is 10.2. The number of hydrogen-bond acceptors (Lipinski definition) is 6. The maximum absolute atomic E-state index is 13.1. The zero-order chi connectivity index (χ0) is 23.6. The quantitative estimate of drug-likeness (QED) is 0.364. The van der Waals surface area contributed by atoms with E-state index in [4.69, 9.17) is 16.0 Å². The van der Waals surface area contributed by atoms with Gasteiger partial charge in [-0.05, 0) is 55.6 Å². The molecule has 9 nitrogen and oxygen atoms in total. The van der Waals surface area contributed by atoms with Crippen molar-refractivity contribution in [3.8, 4) is 17.1 Å². The van der Waals surface area contributed by atoms with Gasteiger partial charge in [-0.2, -0.15) is 5.10 Å². The summed E-state index contributed by atoms with van der Waals surface area (Å²) in [7, 11) is -0.708. The van der Waals surface area contributed by atoms with Crippen molar-refractivity contribution in [3.63, 3.8) is 0 Å². The average Bonchev–Trinajstić information content (AvgIpc) is 3.49. The van der Waals surface area contributed by atoms with Gasteiger partial charge >= 0.3 is 0 Å². The molecule has 0 saturated carbocycles. The molecule has 11 heteroatoms. The highest BCUT2D eigenvalue weighted by molar-refractivity contribution is 7.89. The number of aromatic nitrogens is 2. The first kappa shape index (κ1) is 22.6. The summed E-state index contributed by atoms with van der Waals surface area (Å²) in [6.07, 6.45) is 1.53. The van der Waals surface area contributed by atoms with Crippen LogP contribution in [0, 0.1) is 0 Å². The molecule has 2 heterocycles. The van der Waals surface area contributed by atoms with Gasteiger partial charge in [0.25, 0.3) is 5.91 Å². The Kier molecular flexibility index (Phi) is 6.23. The second kappa shape index (κ2) is 9.10.